The SMILES string of the molecule is CN=C(NCc1cccnc1N1CCN(C)CC1)NCC(C)c1ccccc1. The molecule has 0 radical (unpaired) electrons. The fraction of sp³-hybridized carbons (Fsp3) is 0.455. The summed E-state index contributed by atoms with van der Waals surface area (Å²) >= 11 is 0. The van der Waals surface area contributed by atoms with Gasteiger partial charge in [0, 0.05) is 58.1 Å². The quantitative estimate of drug-likeness (QED) is 0.595. The highest BCUT2D eigenvalue weighted by Gasteiger charge is 2.18. The highest BCUT2D eigenvalue weighted by atomic mass is 15.3. The Morgan fingerprint density at radius 2 is 1.82 bits per heavy atom. The summed E-state index contributed by atoms with van der Waals surface area (Å²) in [5.74, 6) is 2.31. The van der Waals surface area contributed by atoms with Gasteiger partial charge < -0.3 is 20.4 Å². The van der Waals surface area contributed by atoms with E-state index in [1.165, 1.54) is 11.1 Å². The van der Waals surface area contributed by atoms with E-state index >= 15 is 0 Å². The molecule has 150 valence electrons. The lowest BCUT2D eigenvalue weighted by Gasteiger charge is -2.34. The maximum Gasteiger partial charge on any atom is 0.191 e. The fourth-order valence-electron chi connectivity index (χ4n) is 3.42. The van der Waals surface area contributed by atoms with Gasteiger partial charge in [0.2, 0.25) is 0 Å². The summed E-state index contributed by atoms with van der Waals surface area (Å²) in [6, 6.07) is 14.7. The van der Waals surface area contributed by atoms with Crippen LogP contribution in [0.2, 0.25) is 0 Å². The molecule has 0 saturated carbocycles. The molecule has 6 heteroatoms. The molecule has 1 aromatic heterocycles. The van der Waals surface area contributed by atoms with Crippen molar-refractivity contribution in [2.45, 2.75) is 19.4 Å². The lowest BCUT2D eigenvalue weighted by Crippen LogP contribution is -2.45. The van der Waals surface area contributed by atoms with Crippen LogP contribution in [0.1, 0.15) is 24.0 Å². The molecule has 1 aliphatic rings. The van der Waals surface area contributed by atoms with E-state index in [2.05, 4.69) is 80.8 Å². The molecule has 0 aliphatic carbocycles. The number of nitrogens with zero attached hydrogens (tertiary/aromatic N) is 4. The summed E-state index contributed by atoms with van der Waals surface area (Å²) in [4.78, 5) is 13.8. The van der Waals surface area contributed by atoms with Gasteiger partial charge in [0.1, 0.15) is 5.82 Å². The number of pyridine rings is 1. The predicted octanol–water partition coefficient (Wildman–Crippen LogP) is 2.30. The van der Waals surface area contributed by atoms with Crippen LogP contribution in [0.15, 0.2) is 53.7 Å². The first kappa shape index (κ1) is 20.1. The van der Waals surface area contributed by atoms with Crippen molar-refractivity contribution < 1.29 is 0 Å². The van der Waals surface area contributed by atoms with E-state index in [0.717, 1.165) is 44.5 Å². The lowest BCUT2D eigenvalue weighted by atomic mass is 10.0. The second-order valence-corrected chi connectivity index (χ2v) is 7.39. The summed E-state index contributed by atoms with van der Waals surface area (Å²) in [5, 5.41) is 6.88. The van der Waals surface area contributed by atoms with Crippen LogP contribution in [0, 0.1) is 0 Å². The predicted molar refractivity (Wildman–Crippen MR) is 117 cm³/mol. The molecule has 6 nitrogen and oxygen atoms in total. The first-order valence-corrected chi connectivity index (χ1v) is 10.0. The average Bonchev–Trinajstić information content (AvgIpc) is 2.75. The number of benzene rings is 1. The van der Waals surface area contributed by atoms with Crippen molar-refractivity contribution in [1.29, 1.82) is 0 Å². The fourth-order valence-corrected chi connectivity index (χ4v) is 3.42. The molecule has 2 aromatic rings. The smallest absolute Gasteiger partial charge is 0.191 e. The molecule has 2 heterocycles. The molecular weight excluding hydrogens is 348 g/mol. The van der Waals surface area contributed by atoms with Gasteiger partial charge in [0.05, 0.1) is 0 Å². The van der Waals surface area contributed by atoms with Crippen molar-refractivity contribution in [2.24, 2.45) is 4.99 Å². The molecular formula is C22H32N6. The number of anilines is 1. The Morgan fingerprint density at radius 3 is 2.54 bits per heavy atom. The number of guanidine groups is 1. The number of hydrogen-bond donors (Lipinski definition) is 2. The number of likely N-dealkylation sites (N-methyl/N-ethyl adjacent to an activating group) is 1. The second-order valence-electron chi connectivity index (χ2n) is 7.39. The van der Waals surface area contributed by atoms with Crippen LogP contribution in [0.25, 0.3) is 0 Å². The summed E-state index contributed by atoms with van der Waals surface area (Å²) in [5.41, 5.74) is 2.53. The Morgan fingerprint density at radius 1 is 1.07 bits per heavy atom. The Kier molecular flexibility index (Phi) is 7.25. The standard InChI is InChI=1S/C22H32N6/c1-18(19-8-5-4-6-9-19)16-25-22(23-2)26-17-20-10-7-11-24-21(20)28-14-12-27(3)13-15-28/h4-11,18H,12-17H2,1-3H3,(H2,23,25,26). The third-order valence-corrected chi connectivity index (χ3v) is 5.28. The van der Waals surface area contributed by atoms with Crippen LogP contribution in [0.4, 0.5) is 5.82 Å². The minimum absolute atomic E-state index is 0.416. The van der Waals surface area contributed by atoms with Gasteiger partial charge in [-0.25, -0.2) is 4.98 Å². The van der Waals surface area contributed by atoms with Crippen molar-refractivity contribution in [2.75, 3.05) is 51.7 Å². The highest BCUT2D eigenvalue weighted by Crippen LogP contribution is 2.18. The van der Waals surface area contributed by atoms with Crippen molar-refractivity contribution in [3.63, 3.8) is 0 Å². The Balaban J connectivity index is 1.55. The molecule has 0 amide bonds. The molecule has 3 rings (SSSR count). The number of rotatable bonds is 6. The van der Waals surface area contributed by atoms with E-state index in [9.17, 15) is 0 Å². The van der Waals surface area contributed by atoms with E-state index in [1.807, 2.05) is 19.3 Å². The van der Waals surface area contributed by atoms with E-state index in [-0.39, 0.29) is 0 Å². The van der Waals surface area contributed by atoms with Crippen molar-refractivity contribution in [3.05, 3.63) is 59.8 Å². The van der Waals surface area contributed by atoms with Gasteiger partial charge in [-0.1, -0.05) is 43.3 Å². The van der Waals surface area contributed by atoms with E-state index in [0.29, 0.717) is 12.5 Å². The van der Waals surface area contributed by atoms with Gasteiger partial charge in [-0.2, -0.15) is 0 Å². The van der Waals surface area contributed by atoms with Gasteiger partial charge in [-0.15, -0.1) is 0 Å². The van der Waals surface area contributed by atoms with Crippen LogP contribution in [0.3, 0.4) is 0 Å². The molecule has 1 aromatic carbocycles. The number of piperazine rings is 1. The number of hydrogen-bond acceptors (Lipinski definition) is 4. The van der Waals surface area contributed by atoms with Gasteiger partial charge in [-0.3, -0.25) is 4.99 Å². The van der Waals surface area contributed by atoms with Gasteiger partial charge in [0.15, 0.2) is 5.96 Å². The molecule has 1 fully saturated rings. The van der Waals surface area contributed by atoms with Gasteiger partial charge in [-0.05, 0) is 24.6 Å². The Labute approximate surface area is 168 Å². The van der Waals surface area contributed by atoms with Crippen molar-refractivity contribution >= 4 is 11.8 Å². The normalized spacial score (nSPS) is 16.7. The maximum absolute atomic E-state index is 4.65. The van der Waals surface area contributed by atoms with Crippen LogP contribution in [-0.2, 0) is 6.54 Å². The third-order valence-electron chi connectivity index (χ3n) is 5.28. The zero-order valence-electron chi connectivity index (χ0n) is 17.2. The van der Waals surface area contributed by atoms with Crippen molar-refractivity contribution in [3.8, 4) is 0 Å². The molecule has 0 bridgehead atoms. The number of aliphatic imine (C=N–C) groups is 1. The number of nitrogens with one attached hydrogen (secondary N) is 2. The third kappa shape index (κ3) is 5.45. The molecule has 2 N–H and O–H groups in total. The van der Waals surface area contributed by atoms with Crippen LogP contribution in [-0.4, -0.2) is 62.7 Å². The molecule has 28 heavy (non-hydrogen) atoms. The number of aromatic nitrogens is 1. The molecule has 1 aliphatic heterocycles. The first-order valence-electron chi connectivity index (χ1n) is 10.0. The largest absolute Gasteiger partial charge is 0.356 e. The summed E-state index contributed by atoms with van der Waals surface area (Å²) in [6.07, 6.45) is 1.88. The Hall–Kier alpha value is -2.60. The molecule has 0 spiro atoms. The maximum atomic E-state index is 4.65. The zero-order valence-corrected chi connectivity index (χ0v) is 17.2. The van der Waals surface area contributed by atoms with Crippen LogP contribution < -0.4 is 15.5 Å². The zero-order chi connectivity index (χ0) is 19.8. The van der Waals surface area contributed by atoms with Crippen LogP contribution >= 0.6 is 0 Å². The van der Waals surface area contributed by atoms with E-state index in [1.54, 1.807) is 0 Å². The molecule has 1 unspecified atom stereocenters. The van der Waals surface area contributed by atoms with E-state index < -0.39 is 0 Å². The summed E-state index contributed by atoms with van der Waals surface area (Å²) in [7, 11) is 3.98. The molecule has 1 atom stereocenters. The van der Waals surface area contributed by atoms with Gasteiger partial charge in [0.25, 0.3) is 0 Å². The summed E-state index contributed by atoms with van der Waals surface area (Å²) < 4.78 is 0. The van der Waals surface area contributed by atoms with Gasteiger partial charge >= 0.3 is 0 Å². The average molecular weight is 381 g/mol. The Bertz CT molecular complexity index is 753. The summed E-state index contributed by atoms with van der Waals surface area (Å²) in [6.45, 7) is 7.94. The monoisotopic (exact) mass is 380 g/mol. The second kappa shape index (κ2) is 10.1. The van der Waals surface area contributed by atoms with Crippen molar-refractivity contribution in [1.82, 2.24) is 20.5 Å². The minimum atomic E-state index is 0.416. The van der Waals surface area contributed by atoms with E-state index in [4.69, 9.17) is 0 Å². The lowest BCUT2D eigenvalue weighted by molar-refractivity contribution is 0.312. The topological polar surface area (TPSA) is 55.8 Å². The first-order chi connectivity index (χ1) is 13.7. The minimum Gasteiger partial charge on any atom is -0.356 e. The highest BCUT2D eigenvalue weighted by molar-refractivity contribution is 5.79. The molecule has 1 saturated heterocycles. The van der Waals surface area contributed by atoms with Crippen LogP contribution in [0.5, 0.6) is 0 Å².